The Balaban J connectivity index is 1.85. The van der Waals surface area contributed by atoms with Crippen LogP contribution in [0.25, 0.3) is 0 Å². The average Bonchev–Trinajstić information content (AvgIpc) is 2.89. The van der Waals surface area contributed by atoms with Crippen molar-refractivity contribution in [3.05, 3.63) is 46.7 Å². The fourth-order valence-corrected chi connectivity index (χ4v) is 2.16. The molecule has 2 rings (SSSR count). The van der Waals surface area contributed by atoms with E-state index in [1.54, 1.807) is 42.5 Å². The zero-order valence-electron chi connectivity index (χ0n) is 10.6. The van der Waals surface area contributed by atoms with E-state index in [2.05, 4.69) is 5.32 Å². The summed E-state index contributed by atoms with van der Waals surface area (Å²) in [6.07, 6.45) is -0.511. The van der Waals surface area contributed by atoms with Crippen LogP contribution in [0.1, 0.15) is 11.8 Å². The van der Waals surface area contributed by atoms with Crippen molar-refractivity contribution in [1.82, 2.24) is 0 Å². The number of nitrogens with two attached hydrogens (primary N) is 1. The van der Waals surface area contributed by atoms with Crippen molar-refractivity contribution in [1.29, 1.82) is 0 Å². The first kappa shape index (κ1) is 13.6. The molecule has 1 aromatic carbocycles. The minimum absolute atomic E-state index is 0.179. The van der Waals surface area contributed by atoms with Crippen molar-refractivity contribution in [3.63, 3.8) is 0 Å². The van der Waals surface area contributed by atoms with Gasteiger partial charge in [-0.3, -0.25) is 4.79 Å². The molecule has 4 nitrogen and oxygen atoms in total. The molecule has 0 fully saturated rings. The van der Waals surface area contributed by atoms with Crippen molar-refractivity contribution < 1.29 is 9.53 Å². The monoisotopic (exact) mass is 276 g/mol. The van der Waals surface area contributed by atoms with Crippen LogP contribution in [0.4, 0.5) is 11.4 Å². The van der Waals surface area contributed by atoms with E-state index in [0.29, 0.717) is 18.0 Å². The molecule has 1 unspecified atom stereocenters. The quantitative estimate of drug-likeness (QED) is 0.825. The van der Waals surface area contributed by atoms with Gasteiger partial charge in [0.1, 0.15) is 6.10 Å². The van der Waals surface area contributed by atoms with Crippen molar-refractivity contribution >= 4 is 28.6 Å². The normalized spacial score (nSPS) is 12.1. The fourth-order valence-electron chi connectivity index (χ4n) is 1.54. The highest BCUT2D eigenvalue weighted by molar-refractivity contribution is 7.09. The largest absolute Gasteiger partial charge is 0.399 e. The minimum atomic E-state index is -0.511. The van der Waals surface area contributed by atoms with Crippen molar-refractivity contribution in [2.75, 3.05) is 11.1 Å². The van der Waals surface area contributed by atoms with Gasteiger partial charge < -0.3 is 15.8 Å². The lowest BCUT2D eigenvalue weighted by molar-refractivity contribution is -0.127. The van der Waals surface area contributed by atoms with E-state index in [0.717, 1.165) is 4.88 Å². The van der Waals surface area contributed by atoms with E-state index in [9.17, 15) is 4.79 Å². The molecule has 100 valence electrons. The SMILES string of the molecule is CC(OCc1cccs1)C(=O)Nc1cccc(N)c1. The number of thiophene rings is 1. The summed E-state index contributed by atoms with van der Waals surface area (Å²) in [5.74, 6) is -0.179. The topological polar surface area (TPSA) is 64.3 Å². The predicted molar refractivity (Wildman–Crippen MR) is 78.1 cm³/mol. The number of carbonyl (C=O) groups is 1. The fraction of sp³-hybridized carbons (Fsp3) is 0.214. The highest BCUT2D eigenvalue weighted by Crippen LogP contribution is 2.14. The third-order valence-corrected chi connectivity index (χ3v) is 3.43. The van der Waals surface area contributed by atoms with Gasteiger partial charge in [0, 0.05) is 16.3 Å². The number of hydrogen-bond donors (Lipinski definition) is 2. The molecule has 1 aromatic heterocycles. The van der Waals surface area contributed by atoms with Gasteiger partial charge in [-0.1, -0.05) is 12.1 Å². The maximum atomic E-state index is 11.9. The summed E-state index contributed by atoms with van der Waals surface area (Å²) >= 11 is 1.61. The first-order valence-corrected chi connectivity index (χ1v) is 6.83. The van der Waals surface area contributed by atoms with Crippen LogP contribution in [-0.4, -0.2) is 12.0 Å². The zero-order valence-corrected chi connectivity index (χ0v) is 11.4. The Bertz CT molecular complexity index is 540. The second-order valence-electron chi connectivity index (χ2n) is 4.15. The molecule has 0 radical (unpaired) electrons. The van der Waals surface area contributed by atoms with Crippen LogP contribution >= 0.6 is 11.3 Å². The maximum Gasteiger partial charge on any atom is 0.253 e. The standard InChI is InChI=1S/C14H16N2O2S/c1-10(18-9-13-6-3-7-19-13)14(17)16-12-5-2-4-11(15)8-12/h2-8,10H,9,15H2,1H3,(H,16,17). The van der Waals surface area contributed by atoms with E-state index < -0.39 is 6.10 Å². The van der Waals surface area contributed by atoms with Crippen LogP contribution in [0, 0.1) is 0 Å². The molecular formula is C14H16N2O2S. The molecule has 19 heavy (non-hydrogen) atoms. The Morgan fingerprint density at radius 3 is 2.95 bits per heavy atom. The number of nitrogens with one attached hydrogen (secondary N) is 1. The van der Waals surface area contributed by atoms with Gasteiger partial charge in [0.15, 0.2) is 0 Å². The molecule has 3 N–H and O–H groups in total. The van der Waals surface area contributed by atoms with E-state index >= 15 is 0 Å². The Labute approximate surface area is 116 Å². The molecule has 0 saturated heterocycles. The number of anilines is 2. The molecular weight excluding hydrogens is 260 g/mol. The van der Waals surface area contributed by atoms with Gasteiger partial charge in [-0.2, -0.15) is 0 Å². The summed E-state index contributed by atoms with van der Waals surface area (Å²) in [5.41, 5.74) is 6.95. The number of amides is 1. The van der Waals surface area contributed by atoms with Gasteiger partial charge in [-0.25, -0.2) is 0 Å². The Kier molecular flexibility index (Phi) is 4.54. The second kappa shape index (κ2) is 6.36. The molecule has 2 aromatic rings. The molecule has 1 amide bonds. The van der Waals surface area contributed by atoms with E-state index in [1.807, 2.05) is 17.5 Å². The summed E-state index contributed by atoms with van der Waals surface area (Å²) in [7, 11) is 0. The molecule has 0 aliphatic carbocycles. The lowest BCUT2D eigenvalue weighted by Gasteiger charge is -2.13. The van der Waals surface area contributed by atoms with Crippen LogP contribution in [0.3, 0.4) is 0 Å². The Morgan fingerprint density at radius 1 is 1.42 bits per heavy atom. The van der Waals surface area contributed by atoms with Crippen LogP contribution in [0.15, 0.2) is 41.8 Å². The summed E-state index contributed by atoms with van der Waals surface area (Å²) < 4.78 is 5.52. The number of hydrogen-bond acceptors (Lipinski definition) is 4. The molecule has 0 aliphatic rings. The number of rotatable bonds is 5. The average molecular weight is 276 g/mol. The number of nitrogen functional groups attached to an aromatic ring is 1. The molecule has 0 saturated carbocycles. The van der Waals surface area contributed by atoms with Crippen LogP contribution in [0.5, 0.6) is 0 Å². The van der Waals surface area contributed by atoms with Gasteiger partial charge in [0.2, 0.25) is 0 Å². The second-order valence-corrected chi connectivity index (χ2v) is 5.18. The summed E-state index contributed by atoms with van der Waals surface area (Å²) in [6.45, 7) is 2.18. The number of ether oxygens (including phenoxy) is 1. The van der Waals surface area contributed by atoms with Crippen LogP contribution < -0.4 is 11.1 Å². The highest BCUT2D eigenvalue weighted by atomic mass is 32.1. The van der Waals surface area contributed by atoms with Crippen molar-refractivity contribution in [2.45, 2.75) is 19.6 Å². The summed E-state index contributed by atoms with van der Waals surface area (Å²) in [5, 5.41) is 4.75. The first-order valence-electron chi connectivity index (χ1n) is 5.95. The molecule has 1 atom stereocenters. The molecule has 0 aliphatic heterocycles. The van der Waals surface area contributed by atoms with E-state index in [4.69, 9.17) is 10.5 Å². The van der Waals surface area contributed by atoms with Gasteiger partial charge >= 0.3 is 0 Å². The Hall–Kier alpha value is -1.85. The molecule has 0 spiro atoms. The molecule has 5 heteroatoms. The van der Waals surface area contributed by atoms with Crippen LogP contribution in [0.2, 0.25) is 0 Å². The lowest BCUT2D eigenvalue weighted by atomic mass is 10.2. The third kappa shape index (κ3) is 4.08. The third-order valence-electron chi connectivity index (χ3n) is 2.58. The van der Waals surface area contributed by atoms with Gasteiger partial charge in [-0.05, 0) is 36.6 Å². The highest BCUT2D eigenvalue weighted by Gasteiger charge is 2.13. The first-order chi connectivity index (χ1) is 9.15. The summed E-state index contributed by atoms with van der Waals surface area (Å²) in [6, 6.07) is 11.0. The minimum Gasteiger partial charge on any atom is -0.399 e. The van der Waals surface area contributed by atoms with Crippen molar-refractivity contribution in [3.8, 4) is 0 Å². The van der Waals surface area contributed by atoms with E-state index in [-0.39, 0.29) is 5.91 Å². The van der Waals surface area contributed by atoms with Gasteiger partial charge in [0.05, 0.1) is 6.61 Å². The van der Waals surface area contributed by atoms with Crippen LogP contribution in [-0.2, 0) is 16.1 Å². The predicted octanol–water partition coefficient (Wildman–Crippen LogP) is 2.87. The number of carbonyl (C=O) groups excluding carboxylic acids is 1. The van der Waals surface area contributed by atoms with E-state index in [1.165, 1.54) is 0 Å². The molecule has 1 heterocycles. The van der Waals surface area contributed by atoms with Crippen molar-refractivity contribution in [2.24, 2.45) is 0 Å². The van der Waals surface area contributed by atoms with Gasteiger partial charge in [0.25, 0.3) is 5.91 Å². The molecule has 0 bridgehead atoms. The lowest BCUT2D eigenvalue weighted by Crippen LogP contribution is -2.27. The summed E-state index contributed by atoms with van der Waals surface area (Å²) in [4.78, 5) is 13.0. The Morgan fingerprint density at radius 2 is 2.26 bits per heavy atom. The maximum absolute atomic E-state index is 11.9. The van der Waals surface area contributed by atoms with Gasteiger partial charge in [-0.15, -0.1) is 11.3 Å². The smallest absolute Gasteiger partial charge is 0.253 e. The zero-order chi connectivity index (χ0) is 13.7. The number of benzene rings is 1.